The van der Waals surface area contributed by atoms with Gasteiger partial charge in [-0.25, -0.2) is 0 Å². The summed E-state index contributed by atoms with van der Waals surface area (Å²) in [6, 6.07) is 6.35. The summed E-state index contributed by atoms with van der Waals surface area (Å²) in [6.07, 6.45) is 0. The normalized spacial score (nSPS) is 15.9. The number of Topliss-reactive ketones (excluding diaryl/α,β-unsaturated/α-hetero) is 3. The highest BCUT2D eigenvalue weighted by molar-refractivity contribution is 6.65. The van der Waals surface area contributed by atoms with E-state index in [0.29, 0.717) is 5.56 Å². The Morgan fingerprint density at radius 3 is 2.10 bits per heavy atom. The maximum Gasteiger partial charge on any atom is 0.245 e. The zero-order chi connectivity index (χ0) is 15.0. The standard InChI is InChI=1S/C15H11ClO4/c1-7(17)11(8(2)18)12-9-5-3-4-6-10(9)14(19)15(20)13(12)16/h3-6,17H,1-2H3/b11-7-. The molecule has 0 saturated carbocycles. The first-order chi connectivity index (χ1) is 9.36. The summed E-state index contributed by atoms with van der Waals surface area (Å²) in [4.78, 5) is 35.5. The molecule has 20 heavy (non-hydrogen) atoms. The SMILES string of the molecule is CC(=O)/C(C1=C(Cl)C(=O)C(=O)c2ccccc21)=C(\C)O. The van der Waals surface area contributed by atoms with E-state index in [9.17, 15) is 19.5 Å². The number of fused-ring (bicyclic) bond motifs is 1. The van der Waals surface area contributed by atoms with Gasteiger partial charge in [0, 0.05) is 11.1 Å². The summed E-state index contributed by atoms with van der Waals surface area (Å²) in [7, 11) is 0. The number of allylic oxidation sites excluding steroid dienone is 4. The van der Waals surface area contributed by atoms with E-state index in [-0.39, 0.29) is 27.5 Å². The number of hydrogen-bond acceptors (Lipinski definition) is 4. The quantitative estimate of drug-likeness (QED) is 0.516. The molecule has 4 nitrogen and oxygen atoms in total. The number of carbonyl (C=O) groups is 3. The van der Waals surface area contributed by atoms with Crippen molar-refractivity contribution in [2.24, 2.45) is 0 Å². The van der Waals surface area contributed by atoms with Crippen molar-refractivity contribution in [2.45, 2.75) is 13.8 Å². The Morgan fingerprint density at radius 2 is 1.60 bits per heavy atom. The van der Waals surface area contributed by atoms with Crippen LogP contribution in [-0.2, 0) is 9.59 Å². The molecule has 0 atom stereocenters. The first kappa shape index (κ1) is 14.2. The highest BCUT2D eigenvalue weighted by Crippen LogP contribution is 2.37. The molecule has 0 aromatic heterocycles. The van der Waals surface area contributed by atoms with E-state index in [1.54, 1.807) is 18.2 Å². The van der Waals surface area contributed by atoms with E-state index in [0.717, 1.165) is 0 Å². The molecule has 5 heteroatoms. The molecule has 1 aliphatic rings. The van der Waals surface area contributed by atoms with Crippen molar-refractivity contribution in [2.75, 3.05) is 0 Å². The van der Waals surface area contributed by atoms with Gasteiger partial charge in [-0.1, -0.05) is 35.9 Å². The van der Waals surface area contributed by atoms with E-state index >= 15 is 0 Å². The van der Waals surface area contributed by atoms with Crippen LogP contribution in [0.25, 0.3) is 5.57 Å². The van der Waals surface area contributed by atoms with Gasteiger partial charge < -0.3 is 5.11 Å². The van der Waals surface area contributed by atoms with E-state index in [1.807, 2.05) is 0 Å². The maximum absolute atomic E-state index is 11.9. The molecule has 0 bridgehead atoms. The summed E-state index contributed by atoms with van der Waals surface area (Å²) in [5.74, 6) is -2.27. The molecule has 2 rings (SSSR count). The van der Waals surface area contributed by atoms with Gasteiger partial charge in [0.2, 0.25) is 11.6 Å². The van der Waals surface area contributed by atoms with Gasteiger partial charge in [-0.15, -0.1) is 0 Å². The molecule has 0 aliphatic heterocycles. The molecule has 0 unspecified atom stereocenters. The summed E-state index contributed by atoms with van der Waals surface area (Å²) in [5.41, 5.74) is 0.611. The molecule has 0 amide bonds. The zero-order valence-corrected chi connectivity index (χ0v) is 11.6. The lowest BCUT2D eigenvalue weighted by Gasteiger charge is -2.20. The van der Waals surface area contributed by atoms with Gasteiger partial charge in [0.05, 0.1) is 5.57 Å². The Kier molecular flexibility index (Phi) is 3.59. The lowest BCUT2D eigenvalue weighted by Crippen LogP contribution is -2.23. The van der Waals surface area contributed by atoms with Crippen LogP contribution in [-0.4, -0.2) is 22.5 Å². The minimum atomic E-state index is -0.875. The molecular weight excluding hydrogens is 280 g/mol. The van der Waals surface area contributed by atoms with E-state index in [2.05, 4.69) is 0 Å². The third-order valence-electron chi connectivity index (χ3n) is 3.03. The number of halogens is 1. The summed E-state index contributed by atoms with van der Waals surface area (Å²) in [6.45, 7) is 2.59. The Bertz CT molecular complexity index is 706. The van der Waals surface area contributed by atoms with Crippen molar-refractivity contribution in [1.82, 2.24) is 0 Å². The van der Waals surface area contributed by atoms with Crippen molar-refractivity contribution in [3.8, 4) is 0 Å². The summed E-state index contributed by atoms with van der Waals surface area (Å²) < 4.78 is 0. The lowest BCUT2D eigenvalue weighted by atomic mass is 9.84. The predicted molar refractivity (Wildman–Crippen MR) is 74.6 cm³/mol. The largest absolute Gasteiger partial charge is 0.512 e. The first-order valence-corrected chi connectivity index (χ1v) is 6.23. The Balaban J connectivity index is 2.86. The summed E-state index contributed by atoms with van der Waals surface area (Å²) >= 11 is 5.95. The Morgan fingerprint density at radius 1 is 1.05 bits per heavy atom. The third-order valence-corrected chi connectivity index (χ3v) is 3.39. The fourth-order valence-corrected chi connectivity index (χ4v) is 2.49. The molecule has 1 aromatic carbocycles. The Hall–Kier alpha value is -2.20. The number of carbonyl (C=O) groups excluding carboxylic acids is 3. The highest BCUT2D eigenvalue weighted by atomic mass is 35.5. The maximum atomic E-state index is 11.9. The molecule has 1 N–H and O–H groups in total. The number of hydrogen-bond donors (Lipinski definition) is 1. The zero-order valence-electron chi connectivity index (χ0n) is 10.9. The van der Waals surface area contributed by atoms with Crippen LogP contribution in [0.4, 0.5) is 0 Å². The third kappa shape index (κ3) is 2.08. The van der Waals surface area contributed by atoms with Gasteiger partial charge in [0.25, 0.3) is 0 Å². The van der Waals surface area contributed by atoms with Crippen LogP contribution < -0.4 is 0 Å². The first-order valence-electron chi connectivity index (χ1n) is 5.85. The molecule has 0 spiro atoms. The van der Waals surface area contributed by atoms with Gasteiger partial charge >= 0.3 is 0 Å². The van der Waals surface area contributed by atoms with Crippen molar-refractivity contribution in [3.05, 3.63) is 51.8 Å². The predicted octanol–water partition coefficient (Wildman–Crippen LogP) is 2.82. The number of aliphatic hydroxyl groups excluding tert-OH is 1. The number of aliphatic hydroxyl groups is 1. The van der Waals surface area contributed by atoms with Crippen LogP contribution in [0.15, 0.2) is 40.6 Å². The molecule has 1 aliphatic carbocycles. The molecule has 0 radical (unpaired) electrons. The fraction of sp³-hybridized carbons (Fsp3) is 0.133. The smallest absolute Gasteiger partial charge is 0.245 e. The number of rotatable bonds is 2. The van der Waals surface area contributed by atoms with Crippen LogP contribution in [0.1, 0.15) is 29.8 Å². The second-order valence-electron chi connectivity index (χ2n) is 4.41. The number of benzene rings is 1. The molecule has 0 saturated heterocycles. The molecular formula is C15H11ClO4. The highest BCUT2D eigenvalue weighted by Gasteiger charge is 2.34. The number of ketones is 3. The Labute approximate surface area is 120 Å². The second kappa shape index (κ2) is 5.06. The van der Waals surface area contributed by atoms with E-state index in [4.69, 9.17) is 11.6 Å². The van der Waals surface area contributed by atoms with Gasteiger partial charge in [0.1, 0.15) is 10.8 Å². The van der Waals surface area contributed by atoms with Crippen LogP contribution in [0.2, 0.25) is 0 Å². The average Bonchev–Trinajstić information content (AvgIpc) is 2.40. The molecule has 0 fully saturated rings. The monoisotopic (exact) mass is 290 g/mol. The van der Waals surface area contributed by atoms with Crippen LogP contribution in [0.5, 0.6) is 0 Å². The van der Waals surface area contributed by atoms with Gasteiger partial charge in [0.15, 0.2) is 5.78 Å². The average molecular weight is 291 g/mol. The van der Waals surface area contributed by atoms with Crippen molar-refractivity contribution in [3.63, 3.8) is 0 Å². The van der Waals surface area contributed by atoms with Crippen molar-refractivity contribution in [1.29, 1.82) is 0 Å². The minimum Gasteiger partial charge on any atom is -0.512 e. The minimum absolute atomic E-state index is 0.0525. The second-order valence-corrected chi connectivity index (χ2v) is 4.79. The summed E-state index contributed by atoms with van der Waals surface area (Å²) in [5, 5.41) is 9.36. The van der Waals surface area contributed by atoms with Crippen molar-refractivity contribution < 1.29 is 19.5 Å². The van der Waals surface area contributed by atoms with Crippen molar-refractivity contribution >= 4 is 34.5 Å². The van der Waals surface area contributed by atoms with E-state index in [1.165, 1.54) is 19.9 Å². The lowest BCUT2D eigenvalue weighted by molar-refractivity contribution is -0.113. The molecule has 1 aromatic rings. The van der Waals surface area contributed by atoms with Gasteiger partial charge in [-0.3, -0.25) is 14.4 Å². The fourth-order valence-electron chi connectivity index (χ4n) is 2.21. The topological polar surface area (TPSA) is 71.4 Å². The van der Waals surface area contributed by atoms with E-state index < -0.39 is 17.3 Å². The molecule has 0 heterocycles. The van der Waals surface area contributed by atoms with Crippen LogP contribution in [0, 0.1) is 0 Å². The van der Waals surface area contributed by atoms with Gasteiger partial charge in [-0.05, 0) is 19.4 Å². The van der Waals surface area contributed by atoms with Crippen LogP contribution >= 0.6 is 11.6 Å². The van der Waals surface area contributed by atoms with Gasteiger partial charge in [-0.2, -0.15) is 0 Å². The molecule has 102 valence electrons. The van der Waals surface area contributed by atoms with Crippen LogP contribution in [0.3, 0.4) is 0 Å².